The second-order valence-corrected chi connectivity index (χ2v) is 4.15. The van der Waals surface area contributed by atoms with Crippen molar-refractivity contribution >= 4 is 5.91 Å². The van der Waals surface area contributed by atoms with Crippen molar-refractivity contribution in [3.63, 3.8) is 0 Å². The third-order valence-corrected chi connectivity index (χ3v) is 3.21. The highest BCUT2D eigenvalue weighted by atomic mass is 16.2. The Hall–Kier alpha value is -0.570. The Morgan fingerprint density at radius 2 is 1.46 bits per heavy atom. The second kappa shape index (κ2) is 3.66. The van der Waals surface area contributed by atoms with Crippen LogP contribution in [-0.2, 0) is 4.79 Å². The molecule has 0 bridgehead atoms. The molecule has 1 fully saturated rings. The van der Waals surface area contributed by atoms with Crippen molar-refractivity contribution < 1.29 is 4.79 Å². The lowest BCUT2D eigenvalue weighted by Gasteiger charge is -2.46. The molecule has 1 aliphatic heterocycles. The van der Waals surface area contributed by atoms with Gasteiger partial charge in [0.1, 0.15) is 0 Å². The first-order valence-corrected chi connectivity index (χ1v) is 5.00. The van der Waals surface area contributed by atoms with Crippen LogP contribution in [0.3, 0.4) is 0 Å². The van der Waals surface area contributed by atoms with Gasteiger partial charge in [0.25, 0.3) is 0 Å². The highest BCUT2D eigenvalue weighted by Gasteiger charge is 2.35. The molecule has 0 aliphatic carbocycles. The smallest absolute Gasteiger partial charge is 0.220 e. The molecule has 0 spiro atoms. The van der Waals surface area contributed by atoms with Gasteiger partial charge < -0.3 is 10.2 Å². The third kappa shape index (κ3) is 1.85. The maximum absolute atomic E-state index is 11.4. The minimum Gasteiger partial charge on any atom is -0.334 e. The second-order valence-electron chi connectivity index (χ2n) is 4.15. The van der Waals surface area contributed by atoms with Crippen molar-refractivity contribution in [1.29, 1.82) is 0 Å². The van der Waals surface area contributed by atoms with Crippen LogP contribution in [0.2, 0.25) is 0 Å². The Labute approximate surface area is 80.5 Å². The van der Waals surface area contributed by atoms with Gasteiger partial charge in [0.15, 0.2) is 0 Å². The summed E-state index contributed by atoms with van der Waals surface area (Å²) < 4.78 is 0. The lowest BCUT2D eigenvalue weighted by Crippen LogP contribution is -2.64. The van der Waals surface area contributed by atoms with Crippen molar-refractivity contribution in [2.45, 2.75) is 58.8 Å². The van der Waals surface area contributed by atoms with E-state index in [9.17, 15) is 4.79 Å². The summed E-state index contributed by atoms with van der Waals surface area (Å²) in [5, 5.41) is 3.47. The molecule has 13 heavy (non-hydrogen) atoms. The van der Waals surface area contributed by atoms with Gasteiger partial charge >= 0.3 is 0 Å². The SMILES string of the molecule is CC(=O)N1[C@H](C)[C@H](C)N[C@H](C)[C@H]1C. The maximum atomic E-state index is 11.4. The van der Waals surface area contributed by atoms with E-state index in [0.717, 1.165) is 0 Å². The van der Waals surface area contributed by atoms with Gasteiger partial charge in [-0.3, -0.25) is 4.79 Å². The number of carbonyl (C=O) groups excluding carboxylic acids is 1. The Balaban J connectivity index is 2.82. The molecular weight excluding hydrogens is 164 g/mol. The maximum Gasteiger partial charge on any atom is 0.220 e. The monoisotopic (exact) mass is 184 g/mol. The highest BCUT2D eigenvalue weighted by Crippen LogP contribution is 2.18. The lowest BCUT2D eigenvalue weighted by molar-refractivity contribution is -0.136. The van der Waals surface area contributed by atoms with Gasteiger partial charge in [-0.15, -0.1) is 0 Å². The van der Waals surface area contributed by atoms with Crippen LogP contribution in [0, 0.1) is 0 Å². The number of nitrogens with one attached hydrogen (secondary N) is 1. The minimum atomic E-state index is 0.181. The standard InChI is InChI=1S/C10H20N2O/c1-6-8(3)12(10(5)13)9(4)7(2)11-6/h6-9,11H,1-5H3/t6-,7+,8-,9-/m1/s1. The van der Waals surface area contributed by atoms with E-state index in [2.05, 4.69) is 33.0 Å². The summed E-state index contributed by atoms with van der Waals surface area (Å²) in [5.41, 5.74) is 0. The fourth-order valence-corrected chi connectivity index (χ4v) is 2.12. The van der Waals surface area contributed by atoms with Crippen LogP contribution < -0.4 is 5.32 Å². The average molecular weight is 184 g/mol. The molecule has 0 radical (unpaired) electrons. The van der Waals surface area contributed by atoms with E-state index in [4.69, 9.17) is 0 Å². The van der Waals surface area contributed by atoms with Gasteiger partial charge in [-0.05, 0) is 27.7 Å². The summed E-state index contributed by atoms with van der Waals surface area (Å²) in [4.78, 5) is 13.4. The molecule has 0 aromatic carbocycles. The van der Waals surface area contributed by atoms with Crippen LogP contribution in [0.5, 0.6) is 0 Å². The topological polar surface area (TPSA) is 32.3 Å². The molecule has 0 aromatic heterocycles. The zero-order chi connectivity index (χ0) is 10.2. The van der Waals surface area contributed by atoms with Gasteiger partial charge in [-0.2, -0.15) is 0 Å². The first-order valence-electron chi connectivity index (χ1n) is 5.00. The van der Waals surface area contributed by atoms with E-state index in [1.807, 2.05) is 4.90 Å². The number of hydrogen-bond donors (Lipinski definition) is 1. The van der Waals surface area contributed by atoms with E-state index in [1.54, 1.807) is 6.92 Å². The number of nitrogens with zero attached hydrogens (tertiary/aromatic N) is 1. The molecule has 1 heterocycles. The Morgan fingerprint density at radius 3 is 1.77 bits per heavy atom. The summed E-state index contributed by atoms with van der Waals surface area (Å²) in [6.45, 7) is 10.1. The third-order valence-electron chi connectivity index (χ3n) is 3.21. The van der Waals surface area contributed by atoms with Gasteiger partial charge in [-0.25, -0.2) is 0 Å². The number of piperazine rings is 1. The largest absolute Gasteiger partial charge is 0.334 e. The van der Waals surface area contributed by atoms with E-state index in [0.29, 0.717) is 24.2 Å². The van der Waals surface area contributed by atoms with Gasteiger partial charge in [-0.1, -0.05) is 0 Å². The zero-order valence-corrected chi connectivity index (χ0v) is 9.16. The summed E-state index contributed by atoms with van der Waals surface area (Å²) >= 11 is 0. The molecule has 1 amide bonds. The molecule has 1 rings (SSSR count). The van der Waals surface area contributed by atoms with Crippen LogP contribution in [-0.4, -0.2) is 35.0 Å². The number of amides is 1. The zero-order valence-electron chi connectivity index (χ0n) is 9.16. The molecule has 76 valence electrons. The Kier molecular flexibility index (Phi) is 2.96. The van der Waals surface area contributed by atoms with E-state index >= 15 is 0 Å². The van der Waals surface area contributed by atoms with Gasteiger partial charge in [0.2, 0.25) is 5.91 Å². The average Bonchev–Trinajstić information content (AvgIpc) is 2.01. The normalized spacial score (nSPS) is 40.5. The van der Waals surface area contributed by atoms with Crippen LogP contribution in [0.15, 0.2) is 0 Å². The molecule has 0 aromatic rings. The molecule has 1 aliphatic rings. The minimum absolute atomic E-state index is 0.181. The molecule has 1 saturated heterocycles. The van der Waals surface area contributed by atoms with Crippen LogP contribution in [0.25, 0.3) is 0 Å². The molecule has 3 nitrogen and oxygen atoms in total. The molecule has 3 heteroatoms. The molecule has 1 N–H and O–H groups in total. The fourth-order valence-electron chi connectivity index (χ4n) is 2.12. The van der Waals surface area contributed by atoms with Crippen molar-refractivity contribution in [1.82, 2.24) is 10.2 Å². The predicted octanol–water partition coefficient (Wildman–Crippen LogP) is 0.992. The summed E-state index contributed by atoms with van der Waals surface area (Å²) in [5.74, 6) is 0.181. The molecule has 0 unspecified atom stereocenters. The van der Waals surface area contributed by atoms with Crippen LogP contribution in [0.4, 0.5) is 0 Å². The van der Waals surface area contributed by atoms with E-state index in [-0.39, 0.29) is 5.91 Å². The summed E-state index contributed by atoms with van der Waals surface area (Å²) in [6.07, 6.45) is 0. The highest BCUT2D eigenvalue weighted by molar-refractivity contribution is 5.74. The number of carbonyl (C=O) groups is 1. The number of rotatable bonds is 0. The summed E-state index contributed by atoms with van der Waals surface area (Å²) in [7, 11) is 0. The van der Waals surface area contributed by atoms with Crippen molar-refractivity contribution in [3.05, 3.63) is 0 Å². The summed E-state index contributed by atoms with van der Waals surface area (Å²) in [6, 6.07) is 1.36. The van der Waals surface area contributed by atoms with E-state index < -0.39 is 0 Å². The number of hydrogen-bond acceptors (Lipinski definition) is 2. The van der Waals surface area contributed by atoms with E-state index in [1.165, 1.54) is 0 Å². The van der Waals surface area contributed by atoms with Gasteiger partial charge in [0, 0.05) is 31.1 Å². The lowest BCUT2D eigenvalue weighted by atomic mass is 9.97. The first-order chi connectivity index (χ1) is 5.95. The Morgan fingerprint density at radius 1 is 1.08 bits per heavy atom. The first kappa shape index (κ1) is 10.5. The fraction of sp³-hybridized carbons (Fsp3) is 0.900. The van der Waals surface area contributed by atoms with Crippen molar-refractivity contribution in [3.8, 4) is 0 Å². The van der Waals surface area contributed by atoms with Crippen LogP contribution in [0.1, 0.15) is 34.6 Å². The quantitative estimate of drug-likeness (QED) is 0.609. The molecule has 0 saturated carbocycles. The molecular formula is C10H20N2O. The molecule has 4 atom stereocenters. The van der Waals surface area contributed by atoms with Crippen molar-refractivity contribution in [2.24, 2.45) is 0 Å². The Bertz CT molecular complexity index is 191. The predicted molar refractivity (Wildman–Crippen MR) is 53.5 cm³/mol. The van der Waals surface area contributed by atoms with Crippen molar-refractivity contribution in [2.75, 3.05) is 0 Å². The van der Waals surface area contributed by atoms with Crippen LogP contribution >= 0.6 is 0 Å². The van der Waals surface area contributed by atoms with Gasteiger partial charge in [0.05, 0.1) is 0 Å².